The molecule has 174 valence electrons. The molecule has 10 heteroatoms. The fourth-order valence-corrected chi connectivity index (χ4v) is 4.82. The maximum Gasteiger partial charge on any atom is 0.223 e. The number of anilines is 1. The molecule has 1 N–H and O–H groups in total. The van der Waals surface area contributed by atoms with E-state index in [1.807, 2.05) is 46.5 Å². The highest BCUT2D eigenvalue weighted by molar-refractivity contribution is 7.13. The Balaban J connectivity index is 1.13. The normalized spacial score (nSPS) is 14.2. The monoisotopic (exact) mass is 475 g/mol. The van der Waals surface area contributed by atoms with Crippen molar-refractivity contribution >= 4 is 23.1 Å². The third-order valence-corrected chi connectivity index (χ3v) is 6.87. The van der Waals surface area contributed by atoms with E-state index in [2.05, 4.69) is 30.2 Å². The quantitative estimate of drug-likeness (QED) is 0.438. The zero-order valence-electron chi connectivity index (χ0n) is 18.8. The Hall–Kier alpha value is -3.79. The average Bonchev–Trinajstić information content (AvgIpc) is 3.60. The van der Waals surface area contributed by atoms with Crippen LogP contribution in [0.5, 0.6) is 5.75 Å². The summed E-state index contributed by atoms with van der Waals surface area (Å²) in [6.45, 7) is 1.99. The first kappa shape index (κ1) is 22.0. The topological polar surface area (TPSA) is 98.1 Å². The number of carbonyl (C=O) groups is 1. The van der Waals surface area contributed by atoms with E-state index < -0.39 is 0 Å². The van der Waals surface area contributed by atoms with Crippen molar-refractivity contribution in [2.45, 2.75) is 19.4 Å². The number of methoxy groups -OCH3 is 1. The van der Waals surface area contributed by atoms with Gasteiger partial charge < -0.3 is 15.0 Å². The average molecular weight is 476 g/mol. The van der Waals surface area contributed by atoms with E-state index in [1.165, 1.54) is 0 Å². The Morgan fingerprint density at radius 2 is 1.97 bits per heavy atom. The molecule has 34 heavy (non-hydrogen) atoms. The molecular weight excluding hydrogens is 450 g/mol. The molecule has 1 aliphatic rings. The Labute approximate surface area is 201 Å². The van der Waals surface area contributed by atoms with Gasteiger partial charge in [-0.25, -0.2) is 19.9 Å². The Morgan fingerprint density at radius 1 is 1.18 bits per heavy atom. The van der Waals surface area contributed by atoms with Gasteiger partial charge >= 0.3 is 0 Å². The fourth-order valence-electron chi connectivity index (χ4n) is 3.99. The molecule has 9 nitrogen and oxygen atoms in total. The number of hydrogen-bond acceptors (Lipinski definition) is 8. The van der Waals surface area contributed by atoms with Crippen LogP contribution in [-0.4, -0.2) is 50.6 Å². The van der Waals surface area contributed by atoms with E-state index in [-0.39, 0.29) is 11.8 Å². The van der Waals surface area contributed by atoms with Crippen molar-refractivity contribution in [3.05, 3.63) is 66.5 Å². The molecule has 4 aromatic rings. The third kappa shape index (κ3) is 4.91. The molecule has 1 aliphatic heterocycles. The van der Waals surface area contributed by atoms with Crippen LogP contribution >= 0.6 is 11.3 Å². The predicted molar refractivity (Wildman–Crippen MR) is 130 cm³/mol. The van der Waals surface area contributed by atoms with Crippen LogP contribution in [0.25, 0.3) is 16.4 Å². The van der Waals surface area contributed by atoms with Crippen LogP contribution in [0.3, 0.4) is 0 Å². The van der Waals surface area contributed by atoms with Gasteiger partial charge in [-0.05, 0) is 37.1 Å². The van der Waals surface area contributed by atoms with Crippen LogP contribution in [0.4, 0.5) is 5.82 Å². The van der Waals surface area contributed by atoms with Crippen LogP contribution in [0.1, 0.15) is 18.5 Å². The van der Waals surface area contributed by atoms with Gasteiger partial charge in [0.1, 0.15) is 35.0 Å². The largest absolute Gasteiger partial charge is 0.497 e. The number of ether oxygens (including phenoxy) is 1. The van der Waals surface area contributed by atoms with E-state index in [0.717, 1.165) is 59.6 Å². The Morgan fingerprint density at radius 3 is 2.71 bits per heavy atom. The number of hydrogen-bond donors (Lipinski definition) is 1. The molecule has 0 saturated carbocycles. The lowest BCUT2D eigenvalue weighted by Gasteiger charge is -2.32. The number of thiazole rings is 1. The second-order valence-electron chi connectivity index (χ2n) is 8.06. The van der Waals surface area contributed by atoms with Crippen molar-refractivity contribution in [3.63, 3.8) is 0 Å². The minimum Gasteiger partial charge on any atom is -0.497 e. The third-order valence-electron chi connectivity index (χ3n) is 5.93. The van der Waals surface area contributed by atoms with Gasteiger partial charge in [-0.1, -0.05) is 0 Å². The molecule has 1 aromatic carbocycles. The fraction of sp³-hybridized carbons (Fsp3) is 0.292. The van der Waals surface area contributed by atoms with Gasteiger partial charge in [0.2, 0.25) is 5.91 Å². The predicted octanol–water partition coefficient (Wildman–Crippen LogP) is 3.33. The first-order valence-corrected chi connectivity index (χ1v) is 12.0. The van der Waals surface area contributed by atoms with Gasteiger partial charge in [0.05, 0.1) is 19.3 Å². The smallest absolute Gasteiger partial charge is 0.223 e. The molecule has 0 spiro atoms. The van der Waals surface area contributed by atoms with Crippen molar-refractivity contribution < 1.29 is 9.53 Å². The van der Waals surface area contributed by atoms with Crippen molar-refractivity contribution in [1.82, 2.24) is 29.8 Å². The molecule has 1 fully saturated rings. The number of carbonyl (C=O) groups excluding carboxylic acids is 1. The van der Waals surface area contributed by atoms with E-state index >= 15 is 0 Å². The summed E-state index contributed by atoms with van der Waals surface area (Å²) >= 11 is 1.57. The first-order valence-electron chi connectivity index (χ1n) is 11.1. The number of imidazole rings is 1. The van der Waals surface area contributed by atoms with Crippen LogP contribution in [0, 0.1) is 5.92 Å². The number of benzene rings is 1. The maximum absolute atomic E-state index is 12.8. The van der Waals surface area contributed by atoms with Crippen molar-refractivity contribution in [1.29, 1.82) is 0 Å². The van der Waals surface area contributed by atoms with Gasteiger partial charge in [0.15, 0.2) is 0 Å². The molecule has 4 heterocycles. The molecule has 0 unspecified atom stereocenters. The van der Waals surface area contributed by atoms with Gasteiger partial charge in [0.25, 0.3) is 0 Å². The molecule has 3 aromatic heterocycles. The van der Waals surface area contributed by atoms with Crippen LogP contribution < -0.4 is 15.0 Å². The molecule has 0 radical (unpaired) electrons. The number of rotatable bonds is 7. The number of amides is 1. The molecular formula is C24H25N7O2S. The highest BCUT2D eigenvalue weighted by Crippen LogP contribution is 2.26. The summed E-state index contributed by atoms with van der Waals surface area (Å²) in [5.74, 6) is 2.54. The SMILES string of the molecule is COc1ccc(-c2nc(CNC(=O)C3CCN(c4cc(-n5ccnc5)ncn4)CC3)cs2)cc1. The maximum atomic E-state index is 12.8. The zero-order chi connectivity index (χ0) is 23.3. The lowest BCUT2D eigenvalue weighted by Crippen LogP contribution is -2.40. The van der Waals surface area contributed by atoms with E-state index in [1.54, 1.807) is 37.3 Å². The highest BCUT2D eigenvalue weighted by atomic mass is 32.1. The lowest BCUT2D eigenvalue weighted by molar-refractivity contribution is -0.125. The summed E-state index contributed by atoms with van der Waals surface area (Å²) in [4.78, 5) is 32.4. The van der Waals surface area contributed by atoms with Crippen LogP contribution in [0.15, 0.2) is 60.8 Å². The minimum atomic E-state index is -0.00843. The van der Waals surface area contributed by atoms with Gasteiger partial charge in [-0.2, -0.15) is 0 Å². The second-order valence-corrected chi connectivity index (χ2v) is 8.91. The minimum absolute atomic E-state index is 0.00843. The summed E-state index contributed by atoms with van der Waals surface area (Å²) in [6, 6.07) is 9.77. The summed E-state index contributed by atoms with van der Waals surface area (Å²) in [7, 11) is 1.65. The summed E-state index contributed by atoms with van der Waals surface area (Å²) in [5.41, 5.74) is 1.91. The van der Waals surface area contributed by atoms with Crippen LogP contribution in [0.2, 0.25) is 0 Å². The van der Waals surface area contributed by atoms with Crippen molar-refractivity contribution in [3.8, 4) is 22.1 Å². The summed E-state index contributed by atoms with van der Waals surface area (Å²) < 4.78 is 7.06. The van der Waals surface area contributed by atoms with Crippen molar-refractivity contribution in [2.75, 3.05) is 25.1 Å². The van der Waals surface area contributed by atoms with Crippen molar-refractivity contribution in [2.24, 2.45) is 5.92 Å². The molecule has 1 saturated heterocycles. The molecule has 0 aliphatic carbocycles. The van der Waals surface area contributed by atoms with Gasteiger partial charge in [-0.15, -0.1) is 11.3 Å². The second kappa shape index (κ2) is 10.0. The Bertz CT molecular complexity index is 1230. The van der Waals surface area contributed by atoms with E-state index in [4.69, 9.17) is 4.74 Å². The number of nitrogens with zero attached hydrogens (tertiary/aromatic N) is 6. The molecule has 0 atom stereocenters. The first-order chi connectivity index (χ1) is 16.7. The standard InChI is InChI=1S/C24H25N7O2S/c1-33-20-4-2-18(3-5-20)24-29-19(14-34-24)13-26-23(32)17-6-9-30(10-7-17)21-12-22(28-15-27-21)31-11-8-25-16-31/h2-5,8,11-12,14-17H,6-7,9-10,13H2,1H3,(H,26,32). The molecule has 1 amide bonds. The lowest BCUT2D eigenvalue weighted by atomic mass is 9.96. The van der Waals surface area contributed by atoms with Gasteiger partial charge in [-0.3, -0.25) is 9.36 Å². The van der Waals surface area contributed by atoms with E-state index in [9.17, 15) is 4.79 Å². The number of nitrogens with one attached hydrogen (secondary N) is 1. The van der Waals surface area contributed by atoms with Crippen LogP contribution in [-0.2, 0) is 11.3 Å². The molecule has 0 bridgehead atoms. The Kier molecular flexibility index (Phi) is 6.48. The zero-order valence-corrected chi connectivity index (χ0v) is 19.6. The number of aromatic nitrogens is 5. The van der Waals surface area contributed by atoms with E-state index in [0.29, 0.717) is 6.54 Å². The van der Waals surface area contributed by atoms with Gasteiger partial charge in [0, 0.05) is 48.4 Å². The molecule has 5 rings (SSSR count). The summed E-state index contributed by atoms with van der Waals surface area (Å²) in [6.07, 6.45) is 8.42. The number of piperidine rings is 1. The summed E-state index contributed by atoms with van der Waals surface area (Å²) in [5, 5.41) is 5.99. The highest BCUT2D eigenvalue weighted by Gasteiger charge is 2.26.